The molecule has 0 amide bonds. The second-order valence-corrected chi connectivity index (χ2v) is 9.79. The van der Waals surface area contributed by atoms with Crippen molar-refractivity contribution in [3.05, 3.63) is 84.4 Å². The van der Waals surface area contributed by atoms with Crippen molar-refractivity contribution >= 4 is 26.5 Å². The van der Waals surface area contributed by atoms with Crippen LogP contribution in [-0.2, 0) is 10.0 Å². The van der Waals surface area contributed by atoms with Gasteiger partial charge in [0, 0.05) is 17.2 Å². The first-order chi connectivity index (χ1) is 15.8. The number of rotatable bonds is 7. The number of fused-ring (bicyclic) bond motifs is 1. The van der Waals surface area contributed by atoms with Crippen molar-refractivity contribution in [2.24, 2.45) is 0 Å². The van der Waals surface area contributed by atoms with Crippen molar-refractivity contribution in [3.63, 3.8) is 0 Å². The zero-order chi connectivity index (χ0) is 23.6. The van der Waals surface area contributed by atoms with Gasteiger partial charge in [-0.3, -0.25) is 4.72 Å². The molecule has 1 N–H and O–H groups in total. The smallest absolute Gasteiger partial charge is 0.261 e. The van der Waals surface area contributed by atoms with Gasteiger partial charge in [-0.1, -0.05) is 62.4 Å². The highest BCUT2D eigenvalue weighted by Crippen LogP contribution is 2.41. The predicted octanol–water partition coefficient (Wildman–Crippen LogP) is 6.45. The fourth-order valence-corrected chi connectivity index (χ4v) is 5.05. The molecule has 4 rings (SSSR count). The lowest BCUT2D eigenvalue weighted by Gasteiger charge is -2.19. The summed E-state index contributed by atoms with van der Waals surface area (Å²) in [5.74, 6) is 1.56. The number of para-hydroxylation sites is 1. The molecule has 0 aliphatic carbocycles. The third kappa shape index (κ3) is 4.52. The van der Waals surface area contributed by atoms with Crippen LogP contribution in [0.4, 0.5) is 5.69 Å². The molecule has 0 atom stereocenters. The monoisotopic (exact) mass is 461 g/mol. The summed E-state index contributed by atoms with van der Waals surface area (Å²) < 4.78 is 40.6. The van der Waals surface area contributed by atoms with E-state index in [-0.39, 0.29) is 10.8 Å². The van der Waals surface area contributed by atoms with Crippen LogP contribution in [-0.4, -0.2) is 22.6 Å². The molecule has 0 radical (unpaired) electrons. The molecule has 5 nitrogen and oxygen atoms in total. The van der Waals surface area contributed by atoms with Gasteiger partial charge in [0.15, 0.2) is 0 Å². The van der Waals surface area contributed by atoms with Crippen molar-refractivity contribution in [3.8, 4) is 22.6 Å². The maximum absolute atomic E-state index is 13.3. The zero-order valence-corrected chi connectivity index (χ0v) is 19.9. The van der Waals surface area contributed by atoms with E-state index in [9.17, 15) is 8.42 Å². The van der Waals surface area contributed by atoms with Gasteiger partial charge in [0.1, 0.15) is 11.5 Å². The molecule has 0 bridgehead atoms. The number of benzene rings is 4. The van der Waals surface area contributed by atoms with Crippen LogP contribution in [0.2, 0.25) is 0 Å². The minimum atomic E-state index is -3.81. The number of hydrogen-bond donors (Lipinski definition) is 1. The summed E-state index contributed by atoms with van der Waals surface area (Å²) in [5, 5.41) is 1.85. The molecule has 0 saturated carbocycles. The molecule has 4 aromatic carbocycles. The van der Waals surface area contributed by atoms with Crippen LogP contribution in [0.1, 0.15) is 25.3 Å². The Morgan fingerprint density at radius 2 is 1.39 bits per heavy atom. The lowest BCUT2D eigenvalue weighted by atomic mass is 9.94. The molecule has 0 aliphatic rings. The highest BCUT2D eigenvalue weighted by Gasteiger charge is 2.20. The maximum Gasteiger partial charge on any atom is 0.261 e. The topological polar surface area (TPSA) is 64.6 Å². The molecular formula is C27H27NO4S. The summed E-state index contributed by atoms with van der Waals surface area (Å²) in [6.07, 6.45) is 0. The van der Waals surface area contributed by atoms with E-state index in [1.54, 1.807) is 38.5 Å². The zero-order valence-electron chi connectivity index (χ0n) is 19.1. The van der Waals surface area contributed by atoms with E-state index in [4.69, 9.17) is 9.47 Å². The molecule has 0 unspecified atom stereocenters. The summed E-state index contributed by atoms with van der Waals surface area (Å²) >= 11 is 0. The molecule has 6 heteroatoms. The van der Waals surface area contributed by atoms with Crippen molar-refractivity contribution in [1.82, 2.24) is 0 Å². The third-order valence-electron chi connectivity index (χ3n) is 5.67. The normalized spacial score (nSPS) is 11.5. The van der Waals surface area contributed by atoms with Gasteiger partial charge >= 0.3 is 0 Å². The summed E-state index contributed by atoms with van der Waals surface area (Å²) in [7, 11) is -0.586. The van der Waals surface area contributed by atoms with Gasteiger partial charge in [-0.25, -0.2) is 8.42 Å². The summed E-state index contributed by atoms with van der Waals surface area (Å²) in [6, 6.07) is 24.0. The molecule has 0 spiro atoms. The van der Waals surface area contributed by atoms with E-state index >= 15 is 0 Å². The standard InChI is InChI=1S/C27H27NO4S/c1-18(2)23-16-24(27(32-4)17-26(23)31-3)22-11-7-8-12-25(22)28-33(29,30)21-14-13-19-9-5-6-10-20(19)15-21/h5-18,28H,1-4H3. The number of methoxy groups -OCH3 is 2. The van der Waals surface area contributed by atoms with E-state index in [1.807, 2.05) is 54.6 Å². The van der Waals surface area contributed by atoms with Crippen molar-refractivity contribution in [2.75, 3.05) is 18.9 Å². The average Bonchev–Trinajstić information content (AvgIpc) is 2.83. The minimum Gasteiger partial charge on any atom is -0.496 e. The van der Waals surface area contributed by atoms with Crippen molar-refractivity contribution < 1.29 is 17.9 Å². The minimum absolute atomic E-state index is 0.209. The van der Waals surface area contributed by atoms with Crippen LogP contribution in [0.25, 0.3) is 21.9 Å². The van der Waals surface area contributed by atoms with Crippen molar-refractivity contribution in [1.29, 1.82) is 0 Å². The summed E-state index contributed by atoms with van der Waals surface area (Å²) in [4.78, 5) is 0.209. The number of anilines is 1. The fourth-order valence-electron chi connectivity index (χ4n) is 3.93. The number of ether oxygens (including phenoxy) is 2. The van der Waals surface area contributed by atoms with E-state index in [2.05, 4.69) is 18.6 Å². The predicted molar refractivity (Wildman–Crippen MR) is 134 cm³/mol. The van der Waals surface area contributed by atoms with Gasteiger partial charge in [0.05, 0.1) is 24.8 Å². The Kier molecular flexibility index (Phi) is 6.29. The molecule has 0 heterocycles. The van der Waals surface area contributed by atoms with Crippen LogP contribution in [0.3, 0.4) is 0 Å². The average molecular weight is 462 g/mol. The number of nitrogens with one attached hydrogen (secondary N) is 1. The largest absolute Gasteiger partial charge is 0.496 e. The van der Waals surface area contributed by atoms with E-state index in [0.29, 0.717) is 11.4 Å². The van der Waals surface area contributed by atoms with Crippen LogP contribution in [0.15, 0.2) is 83.8 Å². The van der Waals surface area contributed by atoms with Gasteiger partial charge in [-0.05, 0) is 46.5 Å². The first-order valence-electron chi connectivity index (χ1n) is 10.7. The number of hydrogen-bond acceptors (Lipinski definition) is 4. The van der Waals surface area contributed by atoms with Crippen LogP contribution >= 0.6 is 0 Å². The quantitative estimate of drug-likeness (QED) is 0.344. The Hall–Kier alpha value is -3.51. The van der Waals surface area contributed by atoms with Gasteiger partial charge in [0.2, 0.25) is 0 Å². The second kappa shape index (κ2) is 9.16. The van der Waals surface area contributed by atoms with E-state index in [1.165, 1.54) is 0 Å². The van der Waals surface area contributed by atoms with Gasteiger partial charge < -0.3 is 9.47 Å². The lowest BCUT2D eigenvalue weighted by Crippen LogP contribution is -2.13. The highest BCUT2D eigenvalue weighted by molar-refractivity contribution is 7.92. The highest BCUT2D eigenvalue weighted by atomic mass is 32.2. The first kappa shape index (κ1) is 22.7. The maximum atomic E-state index is 13.3. The number of sulfonamides is 1. The third-order valence-corrected chi connectivity index (χ3v) is 7.03. The molecule has 33 heavy (non-hydrogen) atoms. The van der Waals surface area contributed by atoms with Crippen LogP contribution in [0, 0.1) is 0 Å². The molecular weight excluding hydrogens is 434 g/mol. The molecule has 0 fully saturated rings. The van der Waals surface area contributed by atoms with E-state index < -0.39 is 10.0 Å². The van der Waals surface area contributed by atoms with Gasteiger partial charge in [-0.2, -0.15) is 0 Å². The molecule has 0 aliphatic heterocycles. The second-order valence-electron chi connectivity index (χ2n) is 8.11. The summed E-state index contributed by atoms with van der Waals surface area (Å²) in [5.41, 5.74) is 3.01. The Labute approximate surface area is 195 Å². The molecule has 4 aromatic rings. The van der Waals surface area contributed by atoms with Gasteiger partial charge in [-0.15, -0.1) is 0 Å². The van der Waals surface area contributed by atoms with Gasteiger partial charge in [0.25, 0.3) is 10.0 Å². The Morgan fingerprint density at radius 3 is 2.09 bits per heavy atom. The van der Waals surface area contributed by atoms with Crippen LogP contribution in [0.5, 0.6) is 11.5 Å². The molecule has 0 saturated heterocycles. The first-order valence-corrected chi connectivity index (χ1v) is 12.2. The lowest BCUT2D eigenvalue weighted by molar-refractivity contribution is 0.390. The van der Waals surface area contributed by atoms with Crippen molar-refractivity contribution in [2.45, 2.75) is 24.7 Å². The molecule has 170 valence electrons. The Balaban J connectivity index is 1.80. The van der Waals surface area contributed by atoms with Crippen LogP contribution < -0.4 is 14.2 Å². The Morgan fingerprint density at radius 1 is 0.727 bits per heavy atom. The Bertz CT molecular complexity index is 1410. The summed E-state index contributed by atoms with van der Waals surface area (Å²) in [6.45, 7) is 4.17. The molecule has 0 aromatic heterocycles. The fraction of sp³-hybridized carbons (Fsp3) is 0.185. The SMILES string of the molecule is COc1cc(OC)c(C(C)C)cc1-c1ccccc1NS(=O)(=O)c1ccc2ccccc2c1. The van der Waals surface area contributed by atoms with E-state index in [0.717, 1.165) is 33.2 Å².